The molecule has 1 aliphatic heterocycles. The highest BCUT2D eigenvalue weighted by molar-refractivity contribution is 9.10. The number of carbonyl (C=O) groups is 1. The molecule has 1 fully saturated rings. The molecule has 2 aromatic rings. The van der Waals surface area contributed by atoms with E-state index in [0.717, 1.165) is 15.6 Å². The second-order valence-electron chi connectivity index (χ2n) is 7.33. The van der Waals surface area contributed by atoms with Crippen LogP contribution in [-0.4, -0.2) is 68.2 Å². The maximum absolute atomic E-state index is 12.8. The van der Waals surface area contributed by atoms with Crippen molar-refractivity contribution in [1.82, 2.24) is 14.1 Å². The highest BCUT2D eigenvalue weighted by atomic mass is 79.9. The number of halogens is 1. The zero-order valence-corrected chi connectivity index (χ0v) is 19.1. The van der Waals surface area contributed by atoms with Crippen LogP contribution in [0, 0.1) is 6.92 Å². The molecule has 1 aliphatic rings. The Balaban J connectivity index is 1.53. The Morgan fingerprint density at radius 2 is 1.66 bits per heavy atom. The molecule has 0 aromatic heterocycles. The zero-order valence-electron chi connectivity index (χ0n) is 16.7. The molecular formula is C21H26BrN3O3S. The van der Waals surface area contributed by atoms with Gasteiger partial charge < -0.3 is 4.90 Å². The van der Waals surface area contributed by atoms with Gasteiger partial charge in [0.1, 0.15) is 0 Å². The van der Waals surface area contributed by atoms with Gasteiger partial charge in [-0.3, -0.25) is 9.69 Å². The Kier molecular flexibility index (Phi) is 7.10. The molecule has 0 bridgehead atoms. The topological polar surface area (TPSA) is 60.9 Å². The summed E-state index contributed by atoms with van der Waals surface area (Å²) in [5, 5.41) is 0. The molecule has 1 amide bonds. The van der Waals surface area contributed by atoms with E-state index in [1.807, 2.05) is 48.2 Å². The number of hydrogen-bond donors (Lipinski definition) is 0. The van der Waals surface area contributed by atoms with Crippen molar-refractivity contribution in [3.63, 3.8) is 0 Å². The van der Waals surface area contributed by atoms with E-state index >= 15 is 0 Å². The predicted octanol–water partition coefficient (Wildman–Crippen LogP) is 2.72. The largest absolute Gasteiger partial charge is 0.340 e. The minimum atomic E-state index is -3.49. The Morgan fingerprint density at radius 1 is 1.03 bits per heavy atom. The average molecular weight is 480 g/mol. The van der Waals surface area contributed by atoms with Gasteiger partial charge in [-0.15, -0.1) is 0 Å². The van der Waals surface area contributed by atoms with E-state index in [4.69, 9.17) is 0 Å². The normalized spacial score (nSPS) is 16.0. The third-order valence-electron chi connectivity index (χ3n) is 5.14. The van der Waals surface area contributed by atoms with Crippen molar-refractivity contribution >= 4 is 31.9 Å². The average Bonchev–Trinajstić information content (AvgIpc) is 2.70. The summed E-state index contributed by atoms with van der Waals surface area (Å²) < 4.78 is 28.1. The van der Waals surface area contributed by atoms with Crippen LogP contribution in [0.3, 0.4) is 0 Å². The standard InChI is InChI=1S/C21H26BrN3O3S/c1-17-7-9-19(10-8-17)29(27,28)25-13-11-24(12-14-25)16-21(26)23(2)15-18-5-3-4-6-20(18)22/h3-10H,11-16H2,1-2H3. The second-order valence-corrected chi connectivity index (χ2v) is 10.1. The van der Waals surface area contributed by atoms with Crippen molar-refractivity contribution in [2.24, 2.45) is 0 Å². The van der Waals surface area contributed by atoms with Gasteiger partial charge in [-0.1, -0.05) is 51.8 Å². The van der Waals surface area contributed by atoms with Gasteiger partial charge in [0.25, 0.3) is 0 Å². The molecule has 156 valence electrons. The van der Waals surface area contributed by atoms with Crippen LogP contribution in [0.25, 0.3) is 0 Å². The number of carbonyl (C=O) groups excluding carboxylic acids is 1. The molecule has 0 aliphatic carbocycles. The summed E-state index contributed by atoms with van der Waals surface area (Å²) in [6.45, 7) is 4.61. The molecule has 1 heterocycles. The maximum atomic E-state index is 12.8. The monoisotopic (exact) mass is 479 g/mol. The van der Waals surface area contributed by atoms with E-state index in [1.54, 1.807) is 24.1 Å². The van der Waals surface area contributed by atoms with Crippen LogP contribution in [0.5, 0.6) is 0 Å². The van der Waals surface area contributed by atoms with E-state index in [0.29, 0.717) is 44.2 Å². The van der Waals surface area contributed by atoms with Gasteiger partial charge in [0, 0.05) is 44.2 Å². The fraction of sp³-hybridized carbons (Fsp3) is 0.381. The summed E-state index contributed by atoms with van der Waals surface area (Å²) in [6, 6.07) is 14.8. The molecule has 3 rings (SSSR count). The predicted molar refractivity (Wildman–Crippen MR) is 117 cm³/mol. The molecule has 8 heteroatoms. The van der Waals surface area contributed by atoms with Gasteiger partial charge in [-0.05, 0) is 30.7 Å². The first kappa shape index (κ1) is 22.0. The lowest BCUT2D eigenvalue weighted by Crippen LogP contribution is -2.51. The van der Waals surface area contributed by atoms with Gasteiger partial charge in [0.05, 0.1) is 11.4 Å². The fourth-order valence-corrected chi connectivity index (χ4v) is 5.10. The quantitative estimate of drug-likeness (QED) is 0.638. The number of amides is 1. The second kappa shape index (κ2) is 9.38. The lowest BCUT2D eigenvalue weighted by Gasteiger charge is -2.34. The third kappa shape index (κ3) is 5.45. The molecule has 1 saturated heterocycles. The molecule has 2 aromatic carbocycles. The number of hydrogen-bond acceptors (Lipinski definition) is 4. The molecule has 0 atom stereocenters. The van der Waals surface area contributed by atoms with Gasteiger partial charge in [-0.25, -0.2) is 8.42 Å². The number of likely N-dealkylation sites (N-methyl/N-ethyl adjacent to an activating group) is 1. The molecule has 0 radical (unpaired) electrons. The summed E-state index contributed by atoms with van der Waals surface area (Å²) in [5.74, 6) is 0.0237. The molecule has 0 saturated carbocycles. The summed E-state index contributed by atoms with van der Waals surface area (Å²) in [4.78, 5) is 16.6. The molecule has 0 N–H and O–H groups in total. The number of piperazine rings is 1. The van der Waals surface area contributed by atoms with Crippen LogP contribution in [0.15, 0.2) is 57.9 Å². The Morgan fingerprint density at radius 3 is 2.28 bits per heavy atom. The van der Waals surface area contributed by atoms with Crippen LogP contribution in [0.2, 0.25) is 0 Å². The minimum absolute atomic E-state index is 0.0237. The summed E-state index contributed by atoms with van der Waals surface area (Å²) in [5.41, 5.74) is 2.08. The van der Waals surface area contributed by atoms with E-state index < -0.39 is 10.0 Å². The van der Waals surface area contributed by atoms with Crippen LogP contribution in [0.1, 0.15) is 11.1 Å². The van der Waals surface area contributed by atoms with E-state index in [9.17, 15) is 13.2 Å². The summed E-state index contributed by atoms with van der Waals surface area (Å²) >= 11 is 3.51. The first-order valence-corrected chi connectivity index (χ1v) is 11.8. The number of sulfonamides is 1. The molecule has 6 nitrogen and oxygen atoms in total. The Hall–Kier alpha value is -1.74. The molecule has 29 heavy (non-hydrogen) atoms. The third-order valence-corrected chi connectivity index (χ3v) is 7.83. The molecule has 0 spiro atoms. The SMILES string of the molecule is Cc1ccc(S(=O)(=O)N2CCN(CC(=O)N(C)Cc3ccccc3Br)CC2)cc1. The van der Waals surface area contributed by atoms with Gasteiger partial charge in [0.15, 0.2) is 0 Å². The first-order chi connectivity index (χ1) is 13.8. The van der Waals surface area contributed by atoms with E-state index in [-0.39, 0.29) is 5.91 Å². The van der Waals surface area contributed by atoms with Crippen molar-refractivity contribution in [3.8, 4) is 0 Å². The Bertz CT molecular complexity index is 955. The highest BCUT2D eigenvalue weighted by Crippen LogP contribution is 2.19. The number of nitrogens with zero attached hydrogens (tertiary/aromatic N) is 3. The number of benzene rings is 2. The smallest absolute Gasteiger partial charge is 0.243 e. The van der Waals surface area contributed by atoms with Gasteiger partial charge in [-0.2, -0.15) is 4.31 Å². The lowest BCUT2D eigenvalue weighted by molar-refractivity contribution is -0.131. The van der Waals surface area contributed by atoms with Crippen molar-refractivity contribution < 1.29 is 13.2 Å². The molecular weight excluding hydrogens is 454 g/mol. The highest BCUT2D eigenvalue weighted by Gasteiger charge is 2.29. The Labute approximate surface area is 181 Å². The van der Waals surface area contributed by atoms with Crippen molar-refractivity contribution in [2.45, 2.75) is 18.4 Å². The summed E-state index contributed by atoms with van der Waals surface area (Å²) in [7, 11) is -1.69. The van der Waals surface area contributed by atoms with Gasteiger partial charge >= 0.3 is 0 Å². The fourth-order valence-electron chi connectivity index (χ4n) is 3.27. The van der Waals surface area contributed by atoms with Crippen molar-refractivity contribution in [2.75, 3.05) is 39.8 Å². The molecule has 0 unspecified atom stereocenters. The van der Waals surface area contributed by atoms with Crippen molar-refractivity contribution in [1.29, 1.82) is 0 Å². The lowest BCUT2D eigenvalue weighted by atomic mass is 10.2. The van der Waals surface area contributed by atoms with E-state index in [1.165, 1.54) is 4.31 Å². The van der Waals surface area contributed by atoms with Gasteiger partial charge in [0.2, 0.25) is 15.9 Å². The van der Waals surface area contributed by atoms with Crippen LogP contribution < -0.4 is 0 Å². The zero-order chi connectivity index (χ0) is 21.0. The van der Waals surface area contributed by atoms with Crippen molar-refractivity contribution in [3.05, 3.63) is 64.1 Å². The van der Waals surface area contributed by atoms with Crippen LogP contribution >= 0.6 is 15.9 Å². The summed E-state index contributed by atoms with van der Waals surface area (Å²) in [6.07, 6.45) is 0. The van der Waals surface area contributed by atoms with E-state index in [2.05, 4.69) is 15.9 Å². The number of aryl methyl sites for hydroxylation is 1. The maximum Gasteiger partial charge on any atom is 0.243 e. The first-order valence-electron chi connectivity index (χ1n) is 9.54. The van der Waals surface area contributed by atoms with Crippen LogP contribution in [-0.2, 0) is 21.4 Å². The number of rotatable bonds is 6. The minimum Gasteiger partial charge on any atom is -0.340 e. The van der Waals surface area contributed by atoms with Crippen LogP contribution in [0.4, 0.5) is 0 Å².